The maximum absolute atomic E-state index is 13.0. The van der Waals surface area contributed by atoms with Gasteiger partial charge in [-0.25, -0.2) is 4.21 Å². The van der Waals surface area contributed by atoms with Crippen LogP contribution >= 0.6 is 11.6 Å². The molecule has 2 atom stereocenters. The molecule has 2 unspecified atom stereocenters. The lowest BCUT2D eigenvalue weighted by Crippen LogP contribution is -2.25. The average molecular weight is 395 g/mol. The Hall–Kier alpha value is -1.40. The first-order valence-corrected chi connectivity index (χ1v) is 10.4. The van der Waals surface area contributed by atoms with Crippen molar-refractivity contribution < 1.29 is 8.95 Å². The predicted octanol–water partition coefficient (Wildman–Crippen LogP) is 4.55. The number of ether oxygens (including phenoxy) is 1. The number of hydrogen-bond donors (Lipinski definition) is 1. The fourth-order valence-corrected chi connectivity index (χ4v) is 4.39. The summed E-state index contributed by atoms with van der Waals surface area (Å²) in [5.74, 6) is 0. The fraction of sp³-hybridized carbons (Fsp3) is 0.400. The molecular weight excluding hydrogens is 368 g/mol. The van der Waals surface area contributed by atoms with Gasteiger partial charge in [-0.1, -0.05) is 43.6 Å². The van der Waals surface area contributed by atoms with Crippen molar-refractivity contribution >= 4 is 28.3 Å². The number of fused-ring (bicyclic) bond motifs is 2. The van der Waals surface area contributed by atoms with Crippen molar-refractivity contribution in [1.82, 2.24) is 5.32 Å². The van der Waals surface area contributed by atoms with Crippen LogP contribution in [0.15, 0.2) is 47.4 Å². The molecule has 6 heteroatoms. The summed E-state index contributed by atoms with van der Waals surface area (Å²) in [4.78, 5) is 0.794. The van der Waals surface area contributed by atoms with Gasteiger partial charge in [-0.15, -0.1) is 0 Å². The molecule has 1 aliphatic heterocycles. The predicted molar refractivity (Wildman–Crippen MR) is 110 cm³/mol. The first-order chi connectivity index (χ1) is 12.6. The standard InChI is InChI=1S/C18H21ClN2O2S.C2H6/c1-21-16-7-4-3-6-14(16)18(20-10-5-11-23-2)15-12-13(19)8-9-17(15)24(21)22;1-2/h3-4,6-9,12,18,20H,5,10-11H2,1-2H3;1-2H3. The number of nitrogens with one attached hydrogen (secondary N) is 1. The molecule has 0 saturated carbocycles. The topological polar surface area (TPSA) is 41.6 Å². The van der Waals surface area contributed by atoms with Gasteiger partial charge < -0.3 is 10.1 Å². The van der Waals surface area contributed by atoms with Gasteiger partial charge >= 0.3 is 0 Å². The largest absolute Gasteiger partial charge is 0.385 e. The summed E-state index contributed by atoms with van der Waals surface area (Å²) in [5, 5.41) is 4.23. The van der Waals surface area contributed by atoms with Crippen LogP contribution in [-0.2, 0) is 15.7 Å². The first kappa shape index (κ1) is 20.9. The maximum atomic E-state index is 13.0. The van der Waals surface area contributed by atoms with Crippen LogP contribution in [0, 0.1) is 0 Å². The van der Waals surface area contributed by atoms with E-state index in [1.54, 1.807) is 13.2 Å². The van der Waals surface area contributed by atoms with Gasteiger partial charge in [0.15, 0.2) is 11.0 Å². The van der Waals surface area contributed by atoms with Gasteiger partial charge in [-0.05, 0) is 48.4 Å². The summed E-state index contributed by atoms with van der Waals surface area (Å²) in [7, 11) is 2.30. The average Bonchev–Trinajstić information content (AvgIpc) is 2.76. The highest BCUT2D eigenvalue weighted by atomic mass is 35.5. The number of para-hydroxylation sites is 1. The minimum absolute atomic E-state index is 0.0549. The summed E-state index contributed by atoms with van der Waals surface area (Å²) >= 11 is 6.23. The highest BCUT2D eigenvalue weighted by molar-refractivity contribution is 7.86. The Morgan fingerprint density at radius 2 is 1.92 bits per heavy atom. The zero-order valence-corrected chi connectivity index (χ0v) is 17.4. The Labute approximate surface area is 164 Å². The highest BCUT2D eigenvalue weighted by Crippen LogP contribution is 2.39. The minimum atomic E-state index is -1.27. The molecule has 2 aromatic carbocycles. The number of methoxy groups -OCH3 is 1. The molecule has 4 nitrogen and oxygen atoms in total. The number of halogens is 1. The molecule has 0 fully saturated rings. The van der Waals surface area contributed by atoms with Gasteiger partial charge in [-0.3, -0.25) is 4.31 Å². The molecule has 3 rings (SSSR count). The summed E-state index contributed by atoms with van der Waals surface area (Å²) in [6.45, 7) is 5.50. The van der Waals surface area contributed by atoms with Crippen molar-refractivity contribution in [3.8, 4) is 0 Å². The van der Waals surface area contributed by atoms with E-state index in [0.717, 1.165) is 34.7 Å². The quantitative estimate of drug-likeness (QED) is 0.756. The van der Waals surface area contributed by atoms with Gasteiger partial charge in [0.2, 0.25) is 0 Å². The SMILES string of the molecule is CC.COCCCNC1c2ccccc2N(C)S(=O)c2ccc(Cl)cc21. The summed E-state index contributed by atoms with van der Waals surface area (Å²) in [5.41, 5.74) is 3.04. The molecule has 0 radical (unpaired) electrons. The molecule has 0 aliphatic carbocycles. The molecule has 1 heterocycles. The number of nitrogens with zero attached hydrogens (tertiary/aromatic N) is 1. The second-order valence-electron chi connectivity index (χ2n) is 5.72. The van der Waals surface area contributed by atoms with Crippen molar-refractivity contribution in [3.63, 3.8) is 0 Å². The van der Waals surface area contributed by atoms with E-state index in [4.69, 9.17) is 16.3 Å². The normalized spacial score (nSPS) is 18.3. The molecule has 1 aliphatic rings. The van der Waals surface area contributed by atoms with Crippen LogP contribution in [0.4, 0.5) is 5.69 Å². The molecule has 0 amide bonds. The van der Waals surface area contributed by atoms with Gasteiger partial charge in [0.1, 0.15) is 0 Å². The van der Waals surface area contributed by atoms with Crippen LogP contribution in [0.5, 0.6) is 0 Å². The maximum Gasteiger partial charge on any atom is 0.153 e. The zero-order chi connectivity index (χ0) is 19.1. The molecule has 0 aromatic heterocycles. The van der Waals surface area contributed by atoms with Gasteiger partial charge in [0, 0.05) is 25.8 Å². The van der Waals surface area contributed by atoms with Crippen LogP contribution in [0.3, 0.4) is 0 Å². The van der Waals surface area contributed by atoms with Crippen molar-refractivity contribution in [2.75, 3.05) is 31.6 Å². The number of hydrogen-bond acceptors (Lipinski definition) is 3. The molecule has 0 bridgehead atoms. The molecule has 1 N–H and O–H groups in total. The van der Waals surface area contributed by atoms with Crippen LogP contribution in [0.2, 0.25) is 5.02 Å². The lowest BCUT2D eigenvalue weighted by molar-refractivity contribution is 0.193. The third-order valence-corrected chi connectivity index (χ3v) is 5.86. The minimum Gasteiger partial charge on any atom is -0.385 e. The molecule has 0 saturated heterocycles. The first-order valence-electron chi connectivity index (χ1n) is 8.90. The van der Waals surface area contributed by atoms with E-state index in [1.165, 1.54) is 0 Å². The third kappa shape index (κ3) is 4.46. The monoisotopic (exact) mass is 394 g/mol. The Morgan fingerprint density at radius 3 is 2.65 bits per heavy atom. The van der Waals surface area contributed by atoms with Gasteiger partial charge in [0.05, 0.1) is 16.6 Å². The lowest BCUT2D eigenvalue weighted by atomic mass is 9.97. The van der Waals surface area contributed by atoms with E-state index in [9.17, 15) is 4.21 Å². The van der Waals surface area contributed by atoms with Crippen LogP contribution < -0.4 is 9.62 Å². The summed E-state index contributed by atoms with van der Waals surface area (Å²) < 4.78 is 19.9. The lowest BCUT2D eigenvalue weighted by Gasteiger charge is -2.22. The van der Waals surface area contributed by atoms with Crippen molar-refractivity contribution in [2.45, 2.75) is 31.2 Å². The summed E-state index contributed by atoms with van der Waals surface area (Å²) in [6.07, 6.45) is 0.907. The number of benzene rings is 2. The summed E-state index contributed by atoms with van der Waals surface area (Å²) in [6, 6.07) is 13.6. The Bertz CT molecular complexity index is 754. The van der Waals surface area contributed by atoms with Gasteiger partial charge in [-0.2, -0.15) is 0 Å². The van der Waals surface area contributed by atoms with Gasteiger partial charge in [0.25, 0.3) is 0 Å². The van der Waals surface area contributed by atoms with E-state index in [0.29, 0.717) is 11.6 Å². The Morgan fingerprint density at radius 1 is 1.19 bits per heavy atom. The molecule has 142 valence electrons. The van der Waals surface area contributed by atoms with Crippen LogP contribution in [0.1, 0.15) is 37.4 Å². The molecule has 26 heavy (non-hydrogen) atoms. The van der Waals surface area contributed by atoms with E-state index in [1.807, 2.05) is 55.5 Å². The molecular formula is C20H27ClN2O2S. The Balaban J connectivity index is 0.00000117. The van der Waals surface area contributed by atoms with Crippen molar-refractivity contribution in [2.24, 2.45) is 0 Å². The number of anilines is 1. The number of rotatable bonds is 5. The molecule has 2 aromatic rings. The smallest absolute Gasteiger partial charge is 0.153 e. The van der Waals surface area contributed by atoms with Crippen molar-refractivity contribution in [1.29, 1.82) is 0 Å². The van der Waals surface area contributed by atoms with Crippen molar-refractivity contribution in [3.05, 3.63) is 58.6 Å². The fourth-order valence-electron chi connectivity index (χ4n) is 3.01. The van der Waals surface area contributed by atoms with Crippen LogP contribution in [-0.4, -0.2) is 31.5 Å². The molecule has 0 spiro atoms. The zero-order valence-electron chi connectivity index (χ0n) is 15.8. The van der Waals surface area contributed by atoms with E-state index in [2.05, 4.69) is 11.4 Å². The van der Waals surface area contributed by atoms with E-state index >= 15 is 0 Å². The second-order valence-corrected chi connectivity index (χ2v) is 7.64. The van der Waals surface area contributed by atoms with E-state index < -0.39 is 11.0 Å². The van der Waals surface area contributed by atoms with E-state index in [-0.39, 0.29) is 6.04 Å². The third-order valence-electron chi connectivity index (χ3n) is 4.18. The Kier molecular flexibility index (Phi) is 8.10. The highest BCUT2D eigenvalue weighted by Gasteiger charge is 2.29. The van der Waals surface area contributed by atoms with Crippen LogP contribution in [0.25, 0.3) is 0 Å². The second kappa shape index (κ2) is 10.1.